The Labute approximate surface area is 194 Å². The van der Waals surface area contributed by atoms with Crippen molar-refractivity contribution in [2.75, 3.05) is 16.8 Å². The van der Waals surface area contributed by atoms with E-state index >= 15 is 0 Å². The highest BCUT2D eigenvalue weighted by atomic mass is 32.2. The quantitative estimate of drug-likeness (QED) is 0.401. The monoisotopic (exact) mass is 454 g/mol. The number of nitrogens with two attached hydrogens (primary N) is 1. The SMILES string of the molecule is Cc1cc(NC(=O)CCSc2nc(N)c(C#N)c(-c3ccco3)c2C#N)c2ccccc2n1. The zero-order valence-corrected chi connectivity index (χ0v) is 18.4. The third kappa shape index (κ3) is 4.49. The van der Waals surface area contributed by atoms with E-state index in [1.54, 1.807) is 12.1 Å². The first-order chi connectivity index (χ1) is 16.0. The van der Waals surface area contributed by atoms with Gasteiger partial charge in [-0.2, -0.15) is 10.5 Å². The molecular formula is C24H18N6O2S. The van der Waals surface area contributed by atoms with Crippen molar-refractivity contribution in [3.8, 4) is 23.5 Å². The fourth-order valence-corrected chi connectivity index (χ4v) is 4.37. The molecule has 0 atom stereocenters. The number of nitrogens with one attached hydrogen (secondary N) is 1. The van der Waals surface area contributed by atoms with Gasteiger partial charge in [0.2, 0.25) is 5.91 Å². The maximum atomic E-state index is 12.6. The van der Waals surface area contributed by atoms with Crippen molar-refractivity contribution in [2.45, 2.75) is 18.4 Å². The number of thioether (sulfide) groups is 1. The van der Waals surface area contributed by atoms with Crippen LogP contribution in [0.5, 0.6) is 0 Å². The Kier molecular flexibility index (Phi) is 6.25. The number of nitrogen functional groups attached to an aromatic ring is 1. The van der Waals surface area contributed by atoms with Gasteiger partial charge >= 0.3 is 0 Å². The van der Waals surface area contributed by atoms with E-state index in [2.05, 4.69) is 21.4 Å². The summed E-state index contributed by atoms with van der Waals surface area (Å²) in [5, 5.41) is 23.4. The number of aryl methyl sites for hydroxylation is 1. The van der Waals surface area contributed by atoms with Crippen LogP contribution in [0.2, 0.25) is 0 Å². The number of fused-ring (bicyclic) bond motifs is 1. The van der Waals surface area contributed by atoms with E-state index in [4.69, 9.17) is 10.2 Å². The second-order valence-corrected chi connectivity index (χ2v) is 8.19. The van der Waals surface area contributed by atoms with Gasteiger partial charge in [-0.25, -0.2) is 4.98 Å². The molecule has 3 aromatic heterocycles. The summed E-state index contributed by atoms with van der Waals surface area (Å²) < 4.78 is 5.40. The molecular weight excluding hydrogens is 436 g/mol. The Morgan fingerprint density at radius 3 is 2.67 bits per heavy atom. The molecule has 0 unspecified atom stereocenters. The third-order valence-electron chi connectivity index (χ3n) is 4.87. The Bertz CT molecular complexity index is 1430. The van der Waals surface area contributed by atoms with Crippen molar-refractivity contribution in [1.82, 2.24) is 9.97 Å². The van der Waals surface area contributed by atoms with Crippen molar-refractivity contribution in [1.29, 1.82) is 10.5 Å². The number of amides is 1. The van der Waals surface area contributed by atoms with Crippen molar-refractivity contribution in [2.24, 2.45) is 0 Å². The number of hydrogen-bond donors (Lipinski definition) is 2. The molecule has 0 bridgehead atoms. The van der Waals surface area contributed by atoms with Gasteiger partial charge in [0.1, 0.15) is 34.3 Å². The topological polar surface area (TPSA) is 142 Å². The number of para-hydroxylation sites is 1. The number of carbonyl (C=O) groups excluding carboxylic acids is 1. The number of aromatic nitrogens is 2. The van der Waals surface area contributed by atoms with Crippen molar-refractivity contribution in [3.63, 3.8) is 0 Å². The van der Waals surface area contributed by atoms with Crippen LogP contribution < -0.4 is 11.1 Å². The standard InChI is InChI=1S/C24H18N6O2S/c1-14-11-19(15-5-2-3-6-18(15)28-14)29-21(31)8-10-33-24-17(13-26)22(20-7-4-9-32-20)16(12-25)23(27)30-24/h2-7,9,11H,8,10H2,1H3,(H2,27,30)(H,28,29,31). The van der Waals surface area contributed by atoms with E-state index in [0.717, 1.165) is 16.6 Å². The molecule has 8 nitrogen and oxygen atoms in total. The number of furan rings is 1. The lowest BCUT2D eigenvalue weighted by Crippen LogP contribution is -2.13. The normalized spacial score (nSPS) is 10.5. The van der Waals surface area contributed by atoms with Gasteiger partial charge in [-0.1, -0.05) is 18.2 Å². The van der Waals surface area contributed by atoms with Crippen molar-refractivity contribution in [3.05, 3.63) is 65.5 Å². The van der Waals surface area contributed by atoms with E-state index in [0.29, 0.717) is 27.8 Å². The highest BCUT2D eigenvalue weighted by molar-refractivity contribution is 7.99. The van der Waals surface area contributed by atoms with Crippen molar-refractivity contribution >= 4 is 40.1 Å². The number of hydrogen-bond acceptors (Lipinski definition) is 8. The maximum absolute atomic E-state index is 12.6. The molecule has 33 heavy (non-hydrogen) atoms. The summed E-state index contributed by atoms with van der Waals surface area (Å²) in [7, 11) is 0. The lowest BCUT2D eigenvalue weighted by Gasteiger charge is -2.12. The van der Waals surface area contributed by atoms with Gasteiger partial charge in [-0.3, -0.25) is 9.78 Å². The number of rotatable bonds is 6. The highest BCUT2D eigenvalue weighted by Gasteiger charge is 2.22. The van der Waals surface area contributed by atoms with Gasteiger partial charge in [-0.05, 0) is 31.2 Å². The van der Waals surface area contributed by atoms with Gasteiger partial charge in [0.25, 0.3) is 0 Å². The highest BCUT2D eigenvalue weighted by Crippen LogP contribution is 2.36. The van der Waals surface area contributed by atoms with E-state index in [1.807, 2.05) is 43.3 Å². The molecule has 0 saturated heterocycles. The number of pyridine rings is 2. The van der Waals surface area contributed by atoms with E-state index in [9.17, 15) is 15.3 Å². The average molecular weight is 455 g/mol. The van der Waals surface area contributed by atoms with E-state index < -0.39 is 0 Å². The van der Waals surface area contributed by atoms with Crippen LogP contribution in [0.25, 0.3) is 22.2 Å². The molecule has 4 aromatic rings. The van der Waals surface area contributed by atoms with Crippen LogP contribution in [-0.2, 0) is 4.79 Å². The first-order valence-corrected chi connectivity index (χ1v) is 11.0. The number of benzene rings is 1. The summed E-state index contributed by atoms with van der Waals surface area (Å²) in [4.78, 5) is 21.3. The predicted octanol–water partition coefficient (Wildman–Crippen LogP) is 4.64. The molecule has 0 aliphatic carbocycles. The van der Waals surface area contributed by atoms with E-state index in [-0.39, 0.29) is 29.3 Å². The summed E-state index contributed by atoms with van der Waals surface area (Å²) in [6, 6.07) is 16.8. The molecule has 3 N–H and O–H groups in total. The molecule has 0 radical (unpaired) electrons. The van der Waals surface area contributed by atoms with Gasteiger partial charge in [0.15, 0.2) is 0 Å². The Morgan fingerprint density at radius 1 is 1.15 bits per heavy atom. The van der Waals surface area contributed by atoms with Gasteiger partial charge < -0.3 is 15.5 Å². The number of nitriles is 2. The molecule has 0 aliphatic rings. The molecule has 0 spiro atoms. The summed E-state index contributed by atoms with van der Waals surface area (Å²) in [5.41, 5.74) is 8.88. The minimum Gasteiger partial charge on any atom is -0.464 e. The fraction of sp³-hybridized carbons (Fsp3) is 0.125. The zero-order valence-electron chi connectivity index (χ0n) is 17.6. The Balaban J connectivity index is 1.52. The van der Waals surface area contributed by atoms with E-state index in [1.165, 1.54) is 18.0 Å². The lowest BCUT2D eigenvalue weighted by molar-refractivity contribution is -0.115. The van der Waals surface area contributed by atoms with Crippen LogP contribution in [0.15, 0.2) is 58.2 Å². The fourth-order valence-electron chi connectivity index (χ4n) is 3.43. The molecule has 0 saturated carbocycles. The zero-order chi connectivity index (χ0) is 23.4. The molecule has 9 heteroatoms. The molecule has 0 fully saturated rings. The van der Waals surface area contributed by atoms with Crippen LogP contribution in [0.3, 0.4) is 0 Å². The minimum absolute atomic E-state index is 0.00795. The second-order valence-electron chi connectivity index (χ2n) is 7.10. The number of carbonyl (C=O) groups is 1. The number of nitrogens with zero attached hydrogens (tertiary/aromatic N) is 4. The van der Waals surface area contributed by atoms with Crippen LogP contribution in [0.4, 0.5) is 11.5 Å². The predicted molar refractivity (Wildman–Crippen MR) is 126 cm³/mol. The largest absolute Gasteiger partial charge is 0.464 e. The molecule has 162 valence electrons. The number of anilines is 2. The third-order valence-corrected chi connectivity index (χ3v) is 5.85. The Morgan fingerprint density at radius 2 is 1.94 bits per heavy atom. The minimum atomic E-state index is -0.176. The Hall–Kier alpha value is -4.34. The maximum Gasteiger partial charge on any atom is 0.225 e. The summed E-state index contributed by atoms with van der Waals surface area (Å²) in [6.07, 6.45) is 1.64. The van der Waals surface area contributed by atoms with Crippen LogP contribution >= 0.6 is 11.8 Å². The van der Waals surface area contributed by atoms with Gasteiger partial charge in [0.05, 0.1) is 28.6 Å². The van der Waals surface area contributed by atoms with Crippen LogP contribution in [0.1, 0.15) is 23.2 Å². The first kappa shape index (κ1) is 21.9. The molecule has 0 aliphatic heterocycles. The molecule has 3 heterocycles. The van der Waals surface area contributed by atoms with Gasteiger partial charge in [-0.15, -0.1) is 11.8 Å². The smallest absolute Gasteiger partial charge is 0.225 e. The average Bonchev–Trinajstić information content (AvgIpc) is 3.33. The first-order valence-electron chi connectivity index (χ1n) is 9.98. The van der Waals surface area contributed by atoms with Crippen LogP contribution in [-0.4, -0.2) is 21.6 Å². The molecule has 1 aromatic carbocycles. The van der Waals surface area contributed by atoms with Crippen LogP contribution in [0, 0.1) is 29.6 Å². The van der Waals surface area contributed by atoms with Gasteiger partial charge in [0, 0.05) is 23.3 Å². The van der Waals surface area contributed by atoms with Crippen molar-refractivity contribution < 1.29 is 9.21 Å². The summed E-state index contributed by atoms with van der Waals surface area (Å²) in [5.74, 6) is 0.549. The summed E-state index contributed by atoms with van der Waals surface area (Å²) in [6.45, 7) is 1.87. The molecule has 1 amide bonds. The lowest BCUT2D eigenvalue weighted by atomic mass is 10.0. The summed E-state index contributed by atoms with van der Waals surface area (Å²) >= 11 is 1.22. The molecule has 4 rings (SSSR count). The second kappa shape index (κ2) is 9.43.